The fraction of sp³-hybridized carbons (Fsp3) is 0.556. The number of carbonyl (C=O) groups excluding carboxylic acids is 2. The molecule has 0 aliphatic rings. The van der Waals surface area contributed by atoms with Crippen LogP contribution in [0.2, 0.25) is 0 Å². The second-order valence-electron chi connectivity index (χ2n) is 3.03. The van der Waals surface area contributed by atoms with E-state index < -0.39 is 40.5 Å². The van der Waals surface area contributed by atoms with E-state index in [-0.39, 0.29) is 0 Å². The zero-order valence-corrected chi connectivity index (χ0v) is 10.7. The van der Waals surface area contributed by atoms with Gasteiger partial charge in [-0.25, -0.2) is 9.59 Å². The van der Waals surface area contributed by atoms with E-state index in [4.69, 9.17) is 0 Å². The maximum atomic E-state index is 11.0. The van der Waals surface area contributed by atoms with E-state index in [0.29, 0.717) is 0 Å². The van der Waals surface area contributed by atoms with Gasteiger partial charge in [0.1, 0.15) is 18.5 Å². The molecule has 0 aliphatic heterocycles. The first-order valence-electron chi connectivity index (χ1n) is 4.70. The SMILES string of the molecule is COC(=O)/C=C\C(=O)OCC(O)CS(=O)(=O)OC. The molecule has 0 saturated carbocycles. The molecule has 0 fully saturated rings. The Morgan fingerprint density at radius 3 is 2.28 bits per heavy atom. The molecular formula is C9H14O8S. The summed E-state index contributed by atoms with van der Waals surface area (Å²) >= 11 is 0. The number of hydrogen-bond acceptors (Lipinski definition) is 8. The van der Waals surface area contributed by atoms with Crippen molar-refractivity contribution in [1.29, 1.82) is 0 Å². The lowest BCUT2D eigenvalue weighted by molar-refractivity contribution is -0.141. The molecule has 0 heterocycles. The molecule has 0 radical (unpaired) electrons. The summed E-state index contributed by atoms with van der Waals surface area (Å²) in [6.45, 7) is -0.535. The minimum atomic E-state index is -3.83. The largest absolute Gasteiger partial charge is 0.466 e. The quantitative estimate of drug-likeness (QED) is 0.344. The minimum Gasteiger partial charge on any atom is -0.466 e. The van der Waals surface area contributed by atoms with Crippen molar-refractivity contribution in [3.05, 3.63) is 12.2 Å². The maximum Gasteiger partial charge on any atom is 0.331 e. The number of hydrogen-bond donors (Lipinski definition) is 1. The van der Waals surface area contributed by atoms with Crippen LogP contribution in [0.1, 0.15) is 0 Å². The molecule has 8 nitrogen and oxygen atoms in total. The van der Waals surface area contributed by atoms with Crippen LogP contribution in [-0.4, -0.2) is 58.1 Å². The average molecular weight is 282 g/mol. The zero-order chi connectivity index (χ0) is 14.2. The number of rotatable bonds is 7. The third-order valence-electron chi connectivity index (χ3n) is 1.63. The van der Waals surface area contributed by atoms with Gasteiger partial charge in [-0.3, -0.25) is 4.18 Å². The van der Waals surface area contributed by atoms with Crippen molar-refractivity contribution in [3.8, 4) is 0 Å². The van der Waals surface area contributed by atoms with E-state index in [1.807, 2.05) is 0 Å². The minimum absolute atomic E-state index is 0.535. The normalized spacial score (nSPS) is 13.3. The van der Waals surface area contributed by atoms with Crippen LogP contribution in [0.3, 0.4) is 0 Å². The summed E-state index contributed by atoms with van der Waals surface area (Å²) in [7, 11) is -1.74. The van der Waals surface area contributed by atoms with E-state index >= 15 is 0 Å². The van der Waals surface area contributed by atoms with Gasteiger partial charge in [0.25, 0.3) is 10.1 Å². The molecule has 18 heavy (non-hydrogen) atoms. The second-order valence-corrected chi connectivity index (χ2v) is 4.81. The number of methoxy groups -OCH3 is 1. The number of carbonyl (C=O) groups is 2. The standard InChI is InChI=1S/C9H14O8S/c1-15-8(11)3-4-9(12)17-5-7(10)6-18(13,14)16-2/h3-4,7,10H,5-6H2,1-2H3/b4-3-. The van der Waals surface area contributed by atoms with Gasteiger partial charge < -0.3 is 14.6 Å². The molecule has 9 heteroatoms. The van der Waals surface area contributed by atoms with Crippen molar-refractivity contribution in [2.45, 2.75) is 6.10 Å². The molecule has 1 atom stereocenters. The van der Waals surface area contributed by atoms with Crippen molar-refractivity contribution in [1.82, 2.24) is 0 Å². The van der Waals surface area contributed by atoms with Crippen LogP contribution in [0, 0.1) is 0 Å². The summed E-state index contributed by atoms with van der Waals surface area (Å²) in [6, 6.07) is 0. The summed E-state index contributed by atoms with van der Waals surface area (Å²) < 4.78 is 34.6. The van der Waals surface area contributed by atoms with E-state index in [0.717, 1.165) is 26.4 Å². The fourth-order valence-electron chi connectivity index (χ4n) is 0.782. The topological polar surface area (TPSA) is 116 Å². The highest BCUT2D eigenvalue weighted by Gasteiger charge is 2.17. The Hall–Kier alpha value is -1.45. The Balaban J connectivity index is 4.07. The van der Waals surface area contributed by atoms with Gasteiger partial charge >= 0.3 is 11.9 Å². The molecule has 0 aromatic carbocycles. The van der Waals surface area contributed by atoms with Crippen LogP contribution >= 0.6 is 0 Å². The Morgan fingerprint density at radius 2 is 1.78 bits per heavy atom. The Morgan fingerprint density at radius 1 is 1.22 bits per heavy atom. The van der Waals surface area contributed by atoms with Gasteiger partial charge in [0.05, 0.1) is 14.2 Å². The van der Waals surface area contributed by atoms with Crippen LogP contribution in [-0.2, 0) is 33.4 Å². The van der Waals surface area contributed by atoms with Crippen LogP contribution in [0.4, 0.5) is 0 Å². The van der Waals surface area contributed by atoms with Gasteiger partial charge in [-0.05, 0) is 0 Å². The van der Waals surface area contributed by atoms with E-state index in [2.05, 4.69) is 13.7 Å². The Kier molecular flexibility index (Phi) is 7.17. The predicted octanol–water partition coefficient (Wildman–Crippen LogP) is -1.40. The summed E-state index contributed by atoms with van der Waals surface area (Å²) in [5.74, 6) is -2.35. The molecule has 104 valence electrons. The van der Waals surface area contributed by atoms with E-state index in [1.54, 1.807) is 0 Å². The number of aliphatic hydroxyl groups is 1. The highest BCUT2D eigenvalue weighted by Crippen LogP contribution is 1.97. The first kappa shape index (κ1) is 16.6. The third kappa shape index (κ3) is 7.76. The molecule has 0 aromatic heterocycles. The van der Waals surface area contributed by atoms with Gasteiger partial charge in [-0.15, -0.1) is 0 Å². The maximum absolute atomic E-state index is 11.0. The van der Waals surface area contributed by atoms with Gasteiger partial charge in [-0.1, -0.05) is 0 Å². The van der Waals surface area contributed by atoms with Crippen molar-refractivity contribution < 1.29 is 36.8 Å². The van der Waals surface area contributed by atoms with Gasteiger partial charge in [0.15, 0.2) is 0 Å². The highest BCUT2D eigenvalue weighted by atomic mass is 32.2. The van der Waals surface area contributed by atoms with Crippen molar-refractivity contribution in [2.24, 2.45) is 0 Å². The summed E-state index contributed by atoms with van der Waals surface area (Å²) in [5, 5.41) is 9.24. The molecule has 0 aliphatic carbocycles. The number of ether oxygens (including phenoxy) is 2. The molecule has 1 N–H and O–H groups in total. The van der Waals surface area contributed by atoms with Crippen LogP contribution in [0.15, 0.2) is 12.2 Å². The van der Waals surface area contributed by atoms with Crippen molar-refractivity contribution >= 4 is 22.1 Å². The van der Waals surface area contributed by atoms with Crippen molar-refractivity contribution in [2.75, 3.05) is 26.6 Å². The van der Waals surface area contributed by atoms with Crippen LogP contribution < -0.4 is 0 Å². The fourth-order valence-corrected chi connectivity index (χ4v) is 1.49. The molecule has 0 saturated heterocycles. The van der Waals surface area contributed by atoms with Gasteiger partial charge in [-0.2, -0.15) is 8.42 Å². The Bertz CT molecular complexity index is 410. The monoisotopic (exact) mass is 282 g/mol. The first-order chi connectivity index (χ1) is 8.30. The third-order valence-corrected chi connectivity index (χ3v) is 2.93. The lowest BCUT2D eigenvalue weighted by Crippen LogP contribution is -2.27. The second kappa shape index (κ2) is 7.80. The lowest BCUT2D eigenvalue weighted by Gasteiger charge is -2.09. The zero-order valence-electron chi connectivity index (χ0n) is 9.86. The number of aliphatic hydroxyl groups excluding tert-OH is 1. The lowest BCUT2D eigenvalue weighted by atomic mass is 10.4. The van der Waals surface area contributed by atoms with Crippen molar-refractivity contribution in [3.63, 3.8) is 0 Å². The molecule has 0 bridgehead atoms. The molecule has 0 spiro atoms. The summed E-state index contributed by atoms with van der Waals surface area (Å²) in [4.78, 5) is 21.6. The highest BCUT2D eigenvalue weighted by molar-refractivity contribution is 7.86. The van der Waals surface area contributed by atoms with Crippen LogP contribution in [0.25, 0.3) is 0 Å². The first-order valence-corrected chi connectivity index (χ1v) is 6.27. The molecular weight excluding hydrogens is 268 g/mol. The van der Waals surface area contributed by atoms with E-state index in [9.17, 15) is 23.1 Å². The predicted molar refractivity (Wildman–Crippen MR) is 58.9 cm³/mol. The summed E-state index contributed by atoms with van der Waals surface area (Å²) in [6.07, 6.45) is 0.217. The number of esters is 2. The smallest absolute Gasteiger partial charge is 0.331 e. The Labute approximate surface area is 104 Å². The van der Waals surface area contributed by atoms with Gasteiger partial charge in [0, 0.05) is 12.2 Å². The average Bonchev–Trinajstić information content (AvgIpc) is 2.32. The molecule has 0 rings (SSSR count). The molecule has 0 amide bonds. The molecule has 0 aromatic rings. The van der Waals surface area contributed by atoms with Gasteiger partial charge in [0.2, 0.25) is 0 Å². The molecule has 1 unspecified atom stereocenters. The summed E-state index contributed by atoms with van der Waals surface area (Å²) in [5.41, 5.74) is 0. The van der Waals surface area contributed by atoms with E-state index in [1.165, 1.54) is 0 Å². The van der Waals surface area contributed by atoms with Crippen LogP contribution in [0.5, 0.6) is 0 Å².